The van der Waals surface area contributed by atoms with E-state index in [0.29, 0.717) is 0 Å². The maximum atomic E-state index is 11.1. The third-order valence-electron chi connectivity index (χ3n) is 6.19. The summed E-state index contributed by atoms with van der Waals surface area (Å²) in [6.45, 7) is 6.91. The first-order valence-electron chi connectivity index (χ1n) is 9.18. The van der Waals surface area contributed by atoms with Crippen LogP contribution in [0.3, 0.4) is 0 Å². The van der Waals surface area contributed by atoms with Gasteiger partial charge in [-0.25, -0.2) is 4.79 Å². The summed E-state index contributed by atoms with van der Waals surface area (Å²) in [6.07, 6.45) is 7.36. The van der Waals surface area contributed by atoms with E-state index in [1.165, 1.54) is 47.7 Å². The Morgan fingerprint density at radius 2 is 1.88 bits per heavy atom. The molecule has 0 unspecified atom stereocenters. The number of hydrogen-bond acceptors (Lipinski definition) is 2. The highest BCUT2D eigenvalue weighted by Gasteiger charge is 2.48. The maximum Gasteiger partial charge on any atom is 0.337 e. The fraction of sp³-hybridized carbons (Fsp3) is 0.455. The van der Waals surface area contributed by atoms with Gasteiger partial charge in [0, 0.05) is 11.6 Å². The molecule has 3 heteroatoms. The summed E-state index contributed by atoms with van der Waals surface area (Å²) in [5, 5.41) is 9.11. The molecule has 1 aromatic carbocycles. The van der Waals surface area contributed by atoms with E-state index in [4.69, 9.17) is 5.11 Å². The predicted octanol–water partition coefficient (Wildman–Crippen LogP) is 4.78. The van der Waals surface area contributed by atoms with Crippen molar-refractivity contribution in [3.8, 4) is 0 Å². The molecule has 0 amide bonds. The Labute approximate surface area is 149 Å². The van der Waals surface area contributed by atoms with Crippen LogP contribution in [-0.2, 0) is 17.3 Å². The van der Waals surface area contributed by atoms with Gasteiger partial charge in [0.05, 0.1) is 11.3 Å². The molecule has 4 rings (SSSR count). The SMILES string of the molecule is Cc1cc2c(cc1C1(c3ccc(C(=O)O)cn3)CC1)C(C)(C)CCC2. The van der Waals surface area contributed by atoms with Gasteiger partial charge in [0.2, 0.25) is 0 Å². The van der Waals surface area contributed by atoms with Crippen molar-refractivity contribution in [1.82, 2.24) is 4.98 Å². The molecule has 1 fully saturated rings. The van der Waals surface area contributed by atoms with Crippen LogP contribution in [0.5, 0.6) is 0 Å². The van der Waals surface area contributed by atoms with Gasteiger partial charge in [-0.05, 0) is 78.8 Å². The van der Waals surface area contributed by atoms with Crippen molar-refractivity contribution in [2.45, 2.75) is 63.7 Å². The van der Waals surface area contributed by atoms with Crippen molar-refractivity contribution in [1.29, 1.82) is 0 Å². The maximum absolute atomic E-state index is 11.1. The van der Waals surface area contributed by atoms with Gasteiger partial charge in [0.1, 0.15) is 0 Å². The van der Waals surface area contributed by atoms with Gasteiger partial charge in [-0.1, -0.05) is 26.0 Å². The number of pyridine rings is 1. The molecule has 0 aliphatic heterocycles. The van der Waals surface area contributed by atoms with E-state index in [0.717, 1.165) is 18.5 Å². The molecule has 1 saturated carbocycles. The van der Waals surface area contributed by atoms with Crippen LogP contribution in [0.1, 0.15) is 77.8 Å². The van der Waals surface area contributed by atoms with Gasteiger partial charge < -0.3 is 5.11 Å². The van der Waals surface area contributed by atoms with Gasteiger partial charge in [0.25, 0.3) is 0 Å². The van der Waals surface area contributed by atoms with Crippen molar-refractivity contribution in [3.63, 3.8) is 0 Å². The molecule has 2 aromatic rings. The molecule has 0 spiro atoms. The first kappa shape index (κ1) is 16.3. The number of hydrogen-bond donors (Lipinski definition) is 1. The molecule has 3 nitrogen and oxygen atoms in total. The van der Waals surface area contributed by atoms with E-state index < -0.39 is 5.97 Å². The molecule has 0 radical (unpaired) electrons. The number of aryl methyl sites for hydroxylation is 2. The van der Waals surface area contributed by atoms with Crippen LogP contribution in [-0.4, -0.2) is 16.1 Å². The average molecular weight is 335 g/mol. The zero-order chi connectivity index (χ0) is 17.8. The summed E-state index contributed by atoms with van der Waals surface area (Å²) < 4.78 is 0. The highest BCUT2D eigenvalue weighted by Crippen LogP contribution is 2.55. The van der Waals surface area contributed by atoms with Crippen LogP contribution in [0.25, 0.3) is 0 Å². The van der Waals surface area contributed by atoms with Crippen LogP contribution < -0.4 is 0 Å². The number of fused-ring (bicyclic) bond motifs is 1. The van der Waals surface area contributed by atoms with E-state index >= 15 is 0 Å². The number of aromatic carboxylic acids is 1. The zero-order valence-corrected chi connectivity index (χ0v) is 15.2. The lowest BCUT2D eigenvalue weighted by Gasteiger charge is -2.34. The highest BCUT2D eigenvalue weighted by atomic mass is 16.4. The van der Waals surface area contributed by atoms with Crippen LogP contribution in [0.15, 0.2) is 30.5 Å². The smallest absolute Gasteiger partial charge is 0.337 e. The van der Waals surface area contributed by atoms with Crippen LogP contribution >= 0.6 is 0 Å². The van der Waals surface area contributed by atoms with Crippen molar-refractivity contribution >= 4 is 5.97 Å². The summed E-state index contributed by atoms with van der Waals surface area (Å²) in [4.78, 5) is 15.6. The Balaban J connectivity index is 1.80. The molecule has 2 aliphatic carbocycles. The monoisotopic (exact) mass is 335 g/mol. The number of carbonyl (C=O) groups is 1. The van der Waals surface area contributed by atoms with Crippen LogP contribution in [0.4, 0.5) is 0 Å². The van der Waals surface area contributed by atoms with Gasteiger partial charge in [0.15, 0.2) is 0 Å². The van der Waals surface area contributed by atoms with Crippen molar-refractivity contribution < 1.29 is 9.90 Å². The minimum Gasteiger partial charge on any atom is -0.478 e. The van der Waals surface area contributed by atoms with Gasteiger partial charge in [-0.3, -0.25) is 4.98 Å². The molecule has 0 bridgehead atoms. The molecule has 130 valence electrons. The normalized spacial score (nSPS) is 20.0. The number of carboxylic acid groups (broad SMARTS) is 1. The highest BCUT2D eigenvalue weighted by molar-refractivity contribution is 5.87. The fourth-order valence-electron chi connectivity index (χ4n) is 4.57. The summed E-state index contributed by atoms with van der Waals surface area (Å²) >= 11 is 0. The summed E-state index contributed by atoms with van der Waals surface area (Å²) in [5.74, 6) is -0.921. The van der Waals surface area contributed by atoms with E-state index in [9.17, 15) is 4.79 Å². The third-order valence-corrected chi connectivity index (χ3v) is 6.19. The van der Waals surface area contributed by atoms with Gasteiger partial charge in [-0.15, -0.1) is 0 Å². The zero-order valence-electron chi connectivity index (χ0n) is 15.2. The second-order valence-corrected chi connectivity index (χ2v) is 8.38. The molecular weight excluding hydrogens is 310 g/mol. The summed E-state index contributed by atoms with van der Waals surface area (Å²) in [7, 11) is 0. The first-order valence-corrected chi connectivity index (χ1v) is 9.18. The predicted molar refractivity (Wildman–Crippen MR) is 98.4 cm³/mol. The number of nitrogens with zero attached hydrogens (tertiary/aromatic N) is 1. The number of carboxylic acids is 1. The molecular formula is C22H25NO2. The number of aromatic nitrogens is 1. The Morgan fingerprint density at radius 1 is 1.12 bits per heavy atom. The molecule has 2 aliphatic rings. The second-order valence-electron chi connectivity index (χ2n) is 8.38. The Morgan fingerprint density at radius 3 is 2.48 bits per heavy atom. The van der Waals surface area contributed by atoms with Gasteiger partial charge in [-0.2, -0.15) is 0 Å². The summed E-state index contributed by atoms with van der Waals surface area (Å²) in [6, 6.07) is 8.41. The Hall–Kier alpha value is -2.16. The third kappa shape index (κ3) is 2.57. The Bertz CT molecular complexity index is 845. The van der Waals surface area contributed by atoms with E-state index in [1.54, 1.807) is 6.07 Å². The fourth-order valence-corrected chi connectivity index (χ4v) is 4.57. The van der Waals surface area contributed by atoms with E-state index in [-0.39, 0.29) is 16.4 Å². The standard InChI is InChI=1S/C22H25NO2/c1-14-11-15-5-4-8-21(2,3)18(15)12-17(14)22(9-10-22)19-7-6-16(13-23-19)20(24)25/h6-7,11-13H,4-5,8-10H2,1-3H3,(H,24,25). The lowest BCUT2D eigenvalue weighted by atomic mass is 9.70. The molecule has 1 heterocycles. The topological polar surface area (TPSA) is 50.2 Å². The minimum atomic E-state index is -0.921. The van der Waals surface area contributed by atoms with Crippen LogP contribution in [0, 0.1) is 6.92 Å². The minimum absolute atomic E-state index is 0.0241. The molecule has 25 heavy (non-hydrogen) atoms. The molecule has 1 N–H and O–H groups in total. The quantitative estimate of drug-likeness (QED) is 0.878. The second kappa shape index (κ2) is 5.42. The number of rotatable bonds is 3. The Kier molecular flexibility index (Phi) is 3.54. The van der Waals surface area contributed by atoms with Crippen molar-refractivity contribution in [3.05, 3.63) is 64.0 Å². The van der Waals surface area contributed by atoms with Crippen molar-refractivity contribution in [2.24, 2.45) is 0 Å². The van der Waals surface area contributed by atoms with Crippen LogP contribution in [0.2, 0.25) is 0 Å². The molecule has 1 aromatic heterocycles. The summed E-state index contributed by atoms with van der Waals surface area (Å²) in [5.41, 5.74) is 7.19. The lowest BCUT2D eigenvalue weighted by Crippen LogP contribution is -2.25. The number of benzene rings is 1. The molecule has 0 atom stereocenters. The average Bonchev–Trinajstić information content (AvgIpc) is 3.36. The van der Waals surface area contributed by atoms with E-state index in [2.05, 4.69) is 37.9 Å². The van der Waals surface area contributed by atoms with Crippen molar-refractivity contribution in [2.75, 3.05) is 0 Å². The van der Waals surface area contributed by atoms with Gasteiger partial charge >= 0.3 is 5.97 Å². The molecule has 0 saturated heterocycles. The van der Waals surface area contributed by atoms with E-state index in [1.807, 2.05) is 6.07 Å². The largest absolute Gasteiger partial charge is 0.478 e. The lowest BCUT2D eigenvalue weighted by molar-refractivity contribution is 0.0696. The first-order chi connectivity index (χ1) is 11.8.